The summed E-state index contributed by atoms with van der Waals surface area (Å²) in [6.07, 6.45) is 0. The second-order valence-electron chi connectivity index (χ2n) is 0. The quantitative estimate of drug-likeness (QED) is 0.563. The third kappa shape index (κ3) is 11.8. The largest absolute Gasteiger partial charge is 0.307 e. The van der Waals surface area contributed by atoms with Gasteiger partial charge >= 0.3 is 0 Å². The van der Waals surface area contributed by atoms with Gasteiger partial charge in [0.25, 0.3) is 0 Å². The Hall–Kier alpha value is 1.02. The van der Waals surface area contributed by atoms with Crippen molar-refractivity contribution in [3.05, 3.63) is 0 Å². The van der Waals surface area contributed by atoms with Crippen LogP contribution in [0.15, 0.2) is 0 Å². The summed E-state index contributed by atoms with van der Waals surface area (Å²) in [6, 6.07) is 0. The van der Waals surface area contributed by atoms with Crippen LogP contribution in [0.5, 0.6) is 0 Å². The fourth-order valence-corrected chi connectivity index (χ4v) is 0. The molecule has 0 aromatic heterocycles. The minimum absolute atomic E-state index is 0. The Morgan fingerprint density at radius 3 is 1.25 bits per heavy atom. The van der Waals surface area contributed by atoms with Gasteiger partial charge in [-0.2, -0.15) is 0 Å². The van der Waals surface area contributed by atoms with Crippen molar-refractivity contribution in [2.24, 2.45) is 0 Å². The van der Waals surface area contributed by atoms with E-state index in [1.807, 2.05) is 6.79 Å². The molecular formula is CH2OPdPt. The maximum atomic E-state index is 8.00. The van der Waals surface area contributed by atoms with Gasteiger partial charge in [-0.15, -0.1) is 0 Å². The summed E-state index contributed by atoms with van der Waals surface area (Å²) in [4.78, 5) is 8.00. The molecule has 0 atom stereocenters. The topological polar surface area (TPSA) is 17.1 Å². The van der Waals surface area contributed by atoms with E-state index in [0.29, 0.717) is 0 Å². The summed E-state index contributed by atoms with van der Waals surface area (Å²) in [6.45, 7) is 2.00. The first-order valence-corrected chi connectivity index (χ1v) is 0.289. The van der Waals surface area contributed by atoms with Gasteiger partial charge in [-0.25, -0.2) is 0 Å². The van der Waals surface area contributed by atoms with E-state index in [2.05, 4.69) is 0 Å². The number of rotatable bonds is 0. The summed E-state index contributed by atoms with van der Waals surface area (Å²) < 4.78 is 0. The Balaban J connectivity index is -0.00000000500. The normalized spacial score (nSPS) is 1.00. The van der Waals surface area contributed by atoms with Crippen LogP contribution in [0.3, 0.4) is 0 Å². The minimum Gasteiger partial charge on any atom is -0.307 e. The van der Waals surface area contributed by atoms with Crippen LogP contribution in [0.4, 0.5) is 0 Å². The molecule has 1 nitrogen and oxygen atoms in total. The number of hydrogen-bond acceptors (Lipinski definition) is 1. The van der Waals surface area contributed by atoms with Crippen molar-refractivity contribution in [1.29, 1.82) is 0 Å². The zero-order valence-electron chi connectivity index (χ0n) is 1.75. The molecule has 0 radical (unpaired) electrons. The van der Waals surface area contributed by atoms with Crippen LogP contribution in [0, 0.1) is 0 Å². The second kappa shape index (κ2) is 35.2. The van der Waals surface area contributed by atoms with Crippen LogP contribution in [-0.4, -0.2) is 6.79 Å². The number of hydrogen-bond donors (Lipinski definition) is 0. The Labute approximate surface area is 53.1 Å². The van der Waals surface area contributed by atoms with E-state index in [1.54, 1.807) is 0 Å². The van der Waals surface area contributed by atoms with Gasteiger partial charge < -0.3 is 4.79 Å². The molecule has 0 saturated heterocycles. The van der Waals surface area contributed by atoms with E-state index >= 15 is 0 Å². The number of carbonyl (C=O) groups excluding carboxylic acids is 1. The number of carbonyl (C=O) groups is 1. The molecule has 0 N–H and O–H groups in total. The van der Waals surface area contributed by atoms with Crippen LogP contribution in [0.1, 0.15) is 0 Å². The smallest absolute Gasteiger partial charge is 0.106 e. The van der Waals surface area contributed by atoms with E-state index < -0.39 is 0 Å². The molecular weight excluding hydrogens is 330 g/mol. The van der Waals surface area contributed by atoms with Crippen molar-refractivity contribution >= 4 is 6.79 Å². The monoisotopic (exact) mass is 331 g/mol. The van der Waals surface area contributed by atoms with Crippen molar-refractivity contribution in [2.45, 2.75) is 0 Å². The molecule has 32 valence electrons. The molecule has 0 aromatic carbocycles. The molecule has 0 amide bonds. The molecule has 0 spiro atoms. The zero-order valence-corrected chi connectivity index (χ0v) is 5.57. The van der Waals surface area contributed by atoms with Gasteiger partial charge in [0, 0.05) is 41.5 Å². The maximum Gasteiger partial charge on any atom is 0.106 e. The molecule has 0 heterocycles. The van der Waals surface area contributed by atoms with Crippen molar-refractivity contribution in [1.82, 2.24) is 0 Å². The summed E-state index contributed by atoms with van der Waals surface area (Å²) >= 11 is 0. The van der Waals surface area contributed by atoms with Crippen molar-refractivity contribution in [3.63, 3.8) is 0 Å². The van der Waals surface area contributed by atoms with E-state index in [1.165, 1.54) is 0 Å². The summed E-state index contributed by atoms with van der Waals surface area (Å²) in [5.41, 5.74) is 0. The van der Waals surface area contributed by atoms with E-state index in [4.69, 9.17) is 4.79 Å². The van der Waals surface area contributed by atoms with Crippen molar-refractivity contribution in [3.8, 4) is 0 Å². The third-order valence-corrected chi connectivity index (χ3v) is 0. The van der Waals surface area contributed by atoms with Crippen LogP contribution in [0.2, 0.25) is 0 Å². The van der Waals surface area contributed by atoms with Crippen LogP contribution < -0.4 is 0 Å². The molecule has 0 rings (SSSR count). The Bertz CT molecular complexity index is 8.00. The molecule has 4 heavy (non-hydrogen) atoms. The predicted molar refractivity (Wildman–Crippen MR) is 7.12 cm³/mol. The first kappa shape index (κ1) is 19.9. The van der Waals surface area contributed by atoms with E-state index in [0.717, 1.165) is 0 Å². The molecule has 3 heteroatoms. The first-order chi connectivity index (χ1) is 1.00. The average Bonchev–Trinajstić information content (AvgIpc) is 1.00. The van der Waals surface area contributed by atoms with Crippen LogP contribution >= 0.6 is 0 Å². The van der Waals surface area contributed by atoms with Crippen molar-refractivity contribution in [2.75, 3.05) is 0 Å². The molecule has 0 aromatic rings. The molecule has 0 aliphatic rings. The fraction of sp³-hybridized carbons (Fsp3) is 0. The standard InChI is InChI=1S/CH2O.Pd.Pt/c1-2;;/h1H2;;. The van der Waals surface area contributed by atoms with E-state index in [9.17, 15) is 0 Å². The Morgan fingerprint density at radius 2 is 1.25 bits per heavy atom. The van der Waals surface area contributed by atoms with Gasteiger partial charge in [0.15, 0.2) is 0 Å². The van der Waals surface area contributed by atoms with Crippen LogP contribution in [-0.2, 0) is 46.3 Å². The second-order valence-corrected chi connectivity index (χ2v) is 0. The van der Waals surface area contributed by atoms with Gasteiger partial charge in [-0.05, 0) is 0 Å². The Kier molecular flexibility index (Phi) is 175. The molecule has 0 fully saturated rings. The van der Waals surface area contributed by atoms with Gasteiger partial charge in [0.2, 0.25) is 0 Å². The average molecular weight is 332 g/mol. The molecule has 0 unspecified atom stereocenters. The molecule has 0 aliphatic heterocycles. The summed E-state index contributed by atoms with van der Waals surface area (Å²) in [5, 5.41) is 0. The van der Waals surface area contributed by atoms with Gasteiger partial charge in [-0.1, -0.05) is 0 Å². The maximum absolute atomic E-state index is 8.00. The fourth-order valence-electron chi connectivity index (χ4n) is 0. The van der Waals surface area contributed by atoms with Gasteiger partial charge in [0.05, 0.1) is 0 Å². The molecule has 0 aliphatic carbocycles. The SMILES string of the molecule is C=O.[Pd].[Pt]. The zero-order chi connectivity index (χ0) is 2.00. The molecule has 0 saturated carbocycles. The van der Waals surface area contributed by atoms with Crippen LogP contribution in [0.25, 0.3) is 0 Å². The van der Waals surface area contributed by atoms with Crippen molar-refractivity contribution < 1.29 is 46.3 Å². The van der Waals surface area contributed by atoms with Gasteiger partial charge in [0.1, 0.15) is 6.79 Å². The Morgan fingerprint density at radius 1 is 1.25 bits per heavy atom. The van der Waals surface area contributed by atoms with E-state index in [-0.39, 0.29) is 41.5 Å². The predicted octanol–water partition coefficient (Wildman–Crippen LogP) is -0.190. The molecule has 0 bridgehead atoms. The third-order valence-electron chi connectivity index (χ3n) is 0. The summed E-state index contributed by atoms with van der Waals surface area (Å²) in [7, 11) is 0. The summed E-state index contributed by atoms with van der Waals surface area (Å²) in [5.74, 6) is 0. The van der Waals surface area contributed by atoms with Gasteiger partial charge in [-0.3, -0.25) is 0 Å². The first-order valence-electron chi connectivity index (χ1n) is 0.289. The minimum atomic E-state index is 0.